The van der Waals surface area contributed by atoms with Gasteiger partial charge in [0, 0.05) is 0 Å². The van der Waals surface area contributed by atoms with E-state index in [2.05, 4.69) is 34.6 Å². The maximum absolute atomic E-state index is 9.43. The third-order valence-electron chi connectivity index (χ3n) is 1.80. The van der Waals surface area contributed by atoms with E-state index >= 15 is 0 Å². The van der Waals surface area contributed by atoms with Crippen molar-refractivity contribution in [2.45, 2.75) is 41.0 Å². The zero-order valence-electron chi connectivity index (χ0n) is 10.4. The summed E-state index contributed by atoms with van der Waals surface area (Å²) in [6, 6.07) is 0. The van der Waals surface area contributed by atoms with Crippen LogP contribution in [0.15, 0.2) is 0 Å². The molecule has 0 heterocycles. The Balaban J connectivity index is -0.000000180. The van der Waals surface area contributed by atoms with Crippen molar-refractivity contribution in [1.82, 2.24) is 0 Å². The van der Waals surface area contributed by atoms with E-state index in [0.29, 0.717) is 5.41 Å². The van der Waals surface area contributed by atoms with Crippen molar-refractivity contribution in [3.05, 3.63) is 5.92 Å². The van der Waals surface area contributed by atoms with Crippen molar-refractivity contribution in [1.29, 1.82) is 0 Å². The fraction of sp³-hybridized carbons (Fsp3) is 0.700. The van der Waals surface area contributed by atoms with E-state index in [4.69, 9.17) is 10.2 Å². The number of carboxylic acids is 2. The fourth-order valence-electron chi connectivity index (χ4n) is 0.129. The van der Waals surface area contributed by atoms with Crippen molar-refractivity contribution in [2.24, 2.45) is 5.41 Å². The van der Waals surface area contributed by atoms with Crippen LogP contribution in [0, 0.1) is 11.3 Å². The number of carbonyl (C=O) groups is 2. The molecule has 4 nitrogen and oxygen atoms in total. The Kier molecular flexibility index (Phi) is 12.5. The molecule has 0 saturated carbocycles. The minimum Gasteiger partial charge on any atom is -0.481 e. The van der Waals surface area contributed by atoms with Gasteiger partial charge in [0.2, 0.25) is 0 Å². The SMILES string of the molecule is C[C-](C)C(C)(C)C.O=C(O)CC(=O)O.[Na+]. The van der Waals surface area contributed by atoms with Crippen LogP contribution in [0.4, 0.5) is 0 Å². The molecule has 84 valence electrons. The molecule has 5 heteroatoms. The van der Waals surface area contributed by atoms with Gasteiger partial charge in [-0.05, 0) is 0 Å². The van der Waals surface area contributed by atoms with Crippen LogP contribution in [0.5, 0.6) is 0 Å². The molecule has 0 amide bonds. The summed E-state index contributed by atoms with van der Waals surface area (Å²) in [7, 11) is 0. The topological polar surface area (TPSA) is 74.6 Å². The molecule has 15 heavy (non-hydrogen) atoms. The Morgan fingerprint density at radius 1 is 1.07 bits per heavy atom. The van der Waals surface area contributed by atoms with Crippen molar-refractivity contribution < 1.29 is 49.4 Å². The fourth-order valence-corrected chi connectivity index (χ4v) is 0.129. The Bertz CT molecular complexity index is 182. The van der Waals surface area contributed by atoms with E-state index in [0.717, 1.165) is 0 Å². The number of rotatable bonds is 2. The summed E-state index contributed by atoms with van der Waals surface area (Å²) in [5, 5.41) is 15.4. The van der Waals surface area contributed by atoms with Gasteiger partial charge in [0.05, 0.1) is 0 Å². The van der Waals surface area contributed by atoms with Crippen LogP contribution in [-0.2, 0) is 9.59 Å². The van der Waals surface area contributed by atoms with E-state index in [1.54, 1.807) is 0 Å². The van der Waals surface area contributed by atoms with Crippen molar-refractivity contribution in [2.75, 3.05) is 0 Å². The Hall–Kier alpha value is -0.0600. The molecule has 0 aliphatic carbocycles. The summed E-state index contributed by atoms with van der Waals surface area (Å²) in [6.07, 6.45) is -0.806. The van der Waals surface area contributed by atoms with E-state index in [9.17, 15) is 9.59 Å². The van der Waals surface area contributed by atoms with Crippen molar-refractivity contribution in [3.8, 4) is 0 Å². The molecule has 0 aliphatic heterocycles. The minimum atomic E-state index is -1.31. The van der Waals surface area contributed by atoms with E-state index in [1.165, 1.54) is 5.92 Å². The van der Waals surface area contributed by atoms with Gasteiger partial charge >= 0.3 is 41.5 Å². The standard InChI is InChI=1S/C7H15.C3H4O4.Na/c1-6(2)7(3,4)5;4-2(5)1-3(6)7;/h1-5H3;1H2,(H,4,5)(H,6,7);/q-1;;+1. The first-order valence-corrected chi connectivity index (χ1v) is 4.31. The number of carboxylic acid groups (broad SMARTS) is 2. The first-order chi connectivity index (χ1) is 6.07. The molecule has 0 fully saturated rings. The Labute approximate surface area is 113 Å². The molecule has 0 rings (SSSR count). The quantitative estimate of drug-likeness (QED) is 0.367. The maximum Gasteiger partial charge on any atom is 1.00 e. The molecule has 0 aliphatic rings. The van der Waals surface area contributed by atoms with Crippen LogP contribution in [-0.4, -0.2) is 22.2 Å². The summed E-state index contributed by atoms with van der Waals surface area (Å²) in [6.45, 7) is 11.0. The second-order valence-corrected chi connectivity index (χ2v) is 4.21. The predicted octanol–water partition coefficient (Wildman–Crippen LogP) is -0.804. The Morgan fingerprint density at radius 3 is 1.27 bits per heavy atom. The molecule has 0 spiro atoms. The summed E-state index contributed by atoms with van der Waals surface area (Å²) in [5.74, 6) is -1.13. The van der Waals surface area contributed by atoms with Crippen LogP contribution in [0.3, 0.4) is 0 Å². The van der Waals surface area contributed by atoms with Gasteiger partial charge in [-0.2, -0.15) is 19.3 Å². The maximum atomic E-state index is 9.43. The van der Waals surface area contributed by atoms with Gasteiger partial charge in [0.15, 0.2) is 0 Å². The van der Waals surface area contributed by atoms with E-state index < -0.39 is 18.4 Å². The van der Waals surface area contributed by atoms with Crippen LogP contribution in [0.25, 0.3) is 0 Å². The second kappa shape index (κ2) is 9.19. The molecule has 0 aromatic heterocycles. The Morgan fingerprint density at radius 2 is 1.27 bits per heavy atom. The summed E-state index contributed by atoms with van der Waals surface area (Å²) in [5.41, 5.74) is 0.417. The first kappa shape index (κ1) is 20.4. The van der Waals surface area contributed by atoms with Crippen molar-refractivity contribution >= 4 is 11.9 Å². The summed E-state index contributed by atoms with van der Waals surface area (Å²) in [4.78, 5) is 18.9. The number of hydrogen-bond donors (Lipinski definition) is 2. The zero-order valence-corrected chi connectivity index (χ0v) is 12.4. The van der Waals surface area contributed by atoms with Gasteiger partial charge in [0.25, 0.3) is 0 Å². The molecule has 2 N–H and O–H groups in total. The van der Waals surface area contributed by atoms with Gasteiger partial charge in [-0.15, -0.1) is 0 Å². The molecular weight excluding hydrogens is 207 g/mol. The van der Waals surface area contributed by atoms with E-state index in [-0.39, 0.29) is 29.6 Å². The average Bonchev–Trinajstić information content (AvgIpc) is 1.81. The third kappa shape index (κ3) is 20.1. The monoisotopic (exact) mass is 226 g/mol. The van der Waals surface area contributed by atoms with Gasteiger partial charge < -0.3 is 16.1 Å². The van der Waals surface area contributed by atoms with Gasteiger partial charge in [-0.1, -0.05) is 20.8 Å². The molecule has 0 saturated heterocycles. The molecule has 0 bridgehead atoms. The van der Waals surface area contributed by atoms with Gasteiger partial charge in [-0.3, -0.25) is 9.59 Å². The molecule has 0 aromatic carbocycles. The van der Waals surface area contributed by atoms with Crippen molar-refractivity contribution in [3.63, 3.8) is 0 Å². The normalized spacial score (nSPS) is 9.73. The second-order valence-electron chi connectivity index (χ2n) is 4.21. The molecule has 0 unspecified atom stereocenters. The van der Waals surface area contributed by atoms with Crippen LogP contribution in [0.2, 0.25) is 0 Å². The van der Waals surface area contributed by atoms with Gasteiger partial charge in [0.1, 0.15) is 6.42 Å². The van der Waals surface area contributed by atoms with Crippen LogP contribution in [0.1, 0.15) is 41.0 Å². The zero-order chi connectivity index (χ0) is 11.9. The molecule has 0 atom stereocenters. The number of hydrogen-bond acceptors (Lipinski definition) is 2. The summed E-state index contributed by atoms with van der Waals surface area (Å²) < 4.78 is 0. The van der Waals surface area contributed by atoms with Gasteiger partial charge in [-0.25, -0.2) is 0 Å². The van der Waals surface area contributed by atoms with E-state index in [1.807, 2.05) is 0 Å². The average molecular weight is 226 g/mol. The third-order valence-corrected chi connectivity index (χ3v) is 1.80. The molecule has 0 radical (unpaired) electrons. The molecule has 0 aromatic rings. The first-order valence-electron chi connectivity index (χ1n) is 4.31. The van der Waals surface area contributed by atoms with Crippen LogP contribution >= 0.6 is 0 Å². The number of aliphatic carboxylic acids is 2. The predicted molar refractivity (Wildman–Crippen MR) is 53.9 cm³/mol. The molecular formula is C10H19NaO4. The van der Waals surface area contributed by atoms with Crippen LogP contribution < -0.4 is 29.6 Å². The minimum absolute atomic E-state index is 0. The summed E-state index contributed by atoms with van der Waals surface area (Å²) >= 11 is 0. The smallest absolute Gasteiger partial charge is 0.481 e. The largest absolute Gasteiger partial charge is 1.00 e.